The Kier molecular flexibility index (Phi) is 4.47. The van der Waals surface area contributed by atoms with Crippen LogP contribution in [0.5, 0.6) is 0 Å². The van der Waals surface area contributed by atoms with E-state index in [1.807, 2.05) is 60.4 Å². The highest BCUT2D eigenvalue weighted by atomic mass is 35.5. The van der Waals surface area contributed by atoms with E-state index in [0.717, 1.165) is 16.7 Å². The molecule has 6 heteroatoms. The number of hydrogen-bond acceptors (Lipinski definition) is 4. The molecule has 1 aliphatic heterocycles. The van der Waals surface area contributed by atoms with Crippen LogP contribution in [0.2, 0.25) is 5.02 Å². The molecule has 1 unspecified atom stereocenters. The maximum atomic E-state index is 12.4. The summed E-state index contributed by atoms with van der Waals surface area (Å²) in [5, 5.41) is 4.78. The average Bonchev–Trinajstić information content (AvgIpc) is 3.23. The maximum absolute atomic E-state index is 12.4. The summed E-state index contributed by atoms with van der Waals surface area (Å²) in [5.41, 5.74) is 3.04. The lowest BCUT2D eigenvalue weighted by Crippen LogP contribution is -2.24. The fraction of sp³-hybridized carbons (Fsp3) is 0.250. The van der Waals surface area contributed by atoms with Gasteiger partial charge in [0.15, 0.2) is 5.82 Å². The molecule has 1 aliphatic rings. The van der Waals surface area contributed by atoms with Gasteiger partial charge in [0.25, 0.3) is 5.89 Å². The Morgan fingerprint density at radius 2 is 2.08 bits per heavy atom. The van der Waals surface area contributed by atoms with Gasteiger partial charge in [-0.05, 0) is 36.8 Å². The third kappa shape index (κ3) is 3.48. The van der Waals surface area contributed by atoms with Gasteiger partial charge in [0, 0.05) is 36.0 Å². The topological polar surface area (TPSA) is 59.2 Å². The van der Waals surface area contributed by atoms with Crippen molar-refractivity contribution in [3.8, 4) is 11.5 Å². The Bertz CT molecular complexity index is 953. The number of likely N-dealkylation sites (tertiary alicyclic amines) is 1. The van der Waals surface area contributed by atoms with E-state index in [2.05, 4.69) is 10.1 Å². The fourth-order valence-electron chi connectivity index (χ4n) is 3.25. The first-order valence-corrected chi connectivity index (χ1v) is 8.89. The van der Waals surface area contributed by atoms with Crippen molar-refractivity contribution in [1.82, 2.24) is 15.0 Å². The number of aryl methyl sites for hydroxylation is 1. The standard InChI is InChI=1S/C20H18ClN3O2/c1-13-4-2-6-15(8-13)20-22-19(23-26-20)16-10-18(25)24(12-16)11-14-5-3-7-17(21)9-14/h2-9,16H,10-12H2,1H3. The van der Waals surface area contributed by atoms with Crippen molar-refractivity contribution in [2.75, 3.05) is 6.54 Å². The molecule has 3 aromatic rings. The molecule has 0 radical (unpaired) electrons. The SMILES string of the molecule is Cc1cccc(-c2nc(C3CC(=O)N(Cc4cccc(Cl)c4)C3)no2)c1. The average molecular weight is 368 g/mol. The molecular weight excluding hydrogens is 350 g/mol. The van der Waals surface area contributed by atoms with Gasteiger partial charge in [-0.2, -0.15) is 4.98 Å². The van der Waals surface area contributed by atoms with Crippen molar-refractivity contribution in [3.05, 3.63) is 70.5 Å². The van der Waals surface area contributed by atoms with Crippen LogP contribution in [0.1, 0.15) is 29.3 Å². The van der Waals surface area contributed by atoms with Crippen LogP contribution in [-0.4, -0.2) is 27.5 Å². The van der Waals surface area contributed by atoms with E-state index in [1.54, 1.807) is 0 Å². The first kappa shape index (κ1) is 16.8. The molecule has 132 valence electrons. The quantitative estimate of drug-likeness (QED) is 0.693. The van der Waals surface area contributed by atoms with Gasteiger partial charge < -0.3 is 9.42 Å². The predicted octanol–water partition coefficient (Wildman–Crippen LogP) is 4.21. The summed E-state index contributed by atoms with van der Waals surface area (Å²) in [7, 11) is 0. The molecule has 1 fully saturated rings. The Morgan fingerprint density at radius 1 is 1.23 bits per heavy atom. The molecule has 26 heavy (non-hydrogen) atoms. The van der Waals surface area contributed by atoms with Gasteiger partial charge in [-0.25, -0.2) is 0 Å². The van der Waals surface area contributed by atoms with Gasteiger partial charge in [0.05, 0.1) is 0 Å². The summed E-state index contributed by atoms with van der Waals surface area (Å²) in [6, 6.07) is 15.5. The zero-order valence-electron chi connectivity index (χ0n) is 14.4. The summed E-state index contributed by atoms with van der Waals surface area (Å²) in [6.07, 6.45) is 0.396. The van der Waals surface area contributed by atoms with Crippen LogP contribution in [-0.2, 0) is 11.3 Å². The highest BCUT2D eigenvalue weighted by Crippen LogP contribution is 2.29. The van der Waals surface area contributed by atoms with Crippen molar-refractivity contribution in [1.29, 1.82) is 0 Å². The van der Waals surface area contributed by atoms with E-state index in [1.165, 1.54) is 0 Å². The molecule has 1 saturated heterocycles. The van der Waals surface area contributed by atoms with Crippen LogP contribution in [0.25, 0.3) is 11.5 Å². The van der Waals surface area contributed by atoms with Crippen LogP contribution in [0, 0.1) is 6.92 Å². The number of benzene rings is 2. The number of hydrogen-bond donors (Lipinski definition) is 0. The molecule has 0 bridgehead atoms. The smallest absolute Gasteiger partial charge is 0.257 e. The van der Waals surface area contributed by atoms with Gasteiger partial charge in [-0.3, -0.25) is 4.79 Å². The first-order chi connectivity index (χ1) is 12.6. The Hall–Kier alpha value is -2.66. The van der Waals surface area contributed by atoms with E-state index < -0.39 is 0 Å². The summed E-state index contributed by atoms with van der Waals surface area (Å²) in [6.45, 7) is 3.14. The molecule has 0 N–H and O–H groups in total. The molecule has 2 heterocycles. The number of carbonyl (C=O) groups excluding carboxylic acids is 1. The highest BCUT2D eigenvalue weighted by molar-refractivity contribution is 6.30. The molecular formula is C20H18ClN3O2. The molecule has 1 amide bonds. The number of nitrogens with zero attached hydrogens (tertiary/aromatic N) is 3. The van der Waals surface area contributed by atoms with Crippen molar-refractivity contribution >= 4 is 17.5 Å². The lowest BCUT2D eigenvalue weighted by atomic mass is 10.1. The number of aromatic nitrogens is 2. The zero-order chi connectivity index (χ0) is 18.1. The molecule has 0 aliphatic carbocycles. The largest absolute Gasteiger partial charge is 0.338 e. The van der Waals surface area contributed by atoms with Crippen molar-refractivity contribution in [3.63, 3.8) is 0 Å². The summed E-state index contributed by atoms with van der Waals surface area (Å²) in [4.78, 5) is 18.7. The first-order valence-electron chi connectivity index (χ1n) is 8.51. The monoisotopic (exact) mass is 367 g/mol. The molecule has 5 nitrogen and oxygen atoms in total. The van der Waals surface area contributed by atoms with E-state index in [4.69, 9.17) is 16.1 Å². The molecule has 4 rings (SSSR count). The lowest BCUT2D eigenvalue weighted by Gasteiger charge is -2.16. The second kappa shape index (κ2) is 6.92. The molecule has 2 aromatic carbocycles. The fourth-order valence-corrected chi connectivity index (χ4v) is 3.46. The van der Waals surface area contributed by atoms with E-state index in [0.29, 0.717) is 36.2 Å². The van der Waals surface area contributed by atoms with Crippen LogP contribution in [0.15, 0.2) is 53.1 Å². The second-order valence-corrected chi connectivity index (χ2v) is 7.07. The number of halogens is 1. The van der Waals surface area contributed by atoms with Crippen molar-refractivity contribution in [2.45, 2.75) is 25.8 Å². The summed E-state index contributed by atoms with van der Waals surface area (Å²) in [5.74, 6) is 1.12. The predicted molar refractivity (Wildman–Crippen MR) is 98.7 cm³/mol. The van der Waals surface area contributed by atoms with Gasteiger partial charge >= 0.3 is 0 Å². The Labute approximate surface area is 156 Å². The molecule has 0 spiro atoms. The molecule has 1 atom stereocenters. The minimum absolute atomic E-state index is 0.0519. The minimum Gasteiger partial charge on any atom is -0.338 e. The van der Waals surface area contributed by atoms with Gasteiger partial charge in [0.1, 0.15) is 0 Å². The third-order valence-corrected chi connectivity index (χ3v) is 4.78. The van der Waals surface area contributed by atoms with Crippen LogP contribution >= 0.6 is 11.6 Å². The van der Waals surface area contributed by atoms with Gasteiger partial charge in [-0.15, -0.1) is 0 Å². The van der Waals surface area contributed by atoms with Crippen LogP contribution < -0.4 is 0 Å². The number of amides is 1. The van der Waals surface area contributed by atoms with E-state index in [9.17, 15) is 4.79 Å². The van der Waals surface area contributed by atoms with Crippen LogP contribution in [0.4, 0.5) is 0 Å². The number of rotatable bonds is 4. The highest BCUT2D eigenvalue weighted by Gasteiger charge is 2.33. The minimum atomic E-state index is -0.0519. The van der Waals surface area contributed by atoms with Crippen LogP contribution in [0.3, 0.4) is 0 Å². The summed E-state index contributed by atoms with van der Waals surface area (Å²) >= 11 is 6.03. The Morgan fingerprint density at radius 3 is 2.88 bits per heavy atom. The van der Waals surface area contributed by atoms with Crippen molar-refractivity contribution < 1.29 is 9.32 Å². The third-order valence-electron chi connectivity index (χ3n) is 4.55. The lowest BCUT2D eigenvalue weighted by molar-refractivity contribution is -0.128. The summed E-state index contributed by atoms with van der Waals surface area (Å²) < 4.78 is 5.41. The van der Waals surface area contributed by atoms with Gasteiger partial charge in [0.2, 0.25) is 5.91 Å². The van der Waals surface area contributed by atoms with Gasteiger partial charge in [-0.1, -0.05) is 46.6 Å². The molecule has 1 aromatic heterocycles. The maximum Gasteiger partial charge on any atom is 0.257 e. The zero-order valence-corrected chi connectivity index (χ0v) is 15.1. The number of carbonyl (C=O) groups is 1. The molecule has 0 saturated carbocycles. The van der Waals surface area contributed by atoms with E-state index in [-0.39, 0.29) is 11.8 Å². The van der Waals surface area contributed by atoms with E-state index >= 15 is 0 Å². The second-order valence-electron chi connectivity index (χ2n) is 6.63. The Balaban J connectivity index is 1.49. The normalized spacial score (nSPS) is 17.1. The van der Waals surface area contributed by atoms with Crippen molar-refractivity contribution in [2.24, 2.45) is 0 Å².